The highest BCUT2D eigenvalue weighted by Gasteiger charge is 2.50. The second kappa shape index (κ2) is 5.54. The molecule has 1 spiro atoms. The lowest BCUT2D eigenvalue weighted by Crippen LogP contribution is -2.40. The van der Waals surface area contributed by atoms with Crippen LogP contribution in [0.4, 0.5) is 0 Å². The predicted octanol–water partition coefficient (Wildman–Crippen LogP) is 2.38. The molecule has 1 saturated carbocycles. The van der Waals surface area contributed by atoms with Crippen LogP contribution in [0.5, 0.6) is 0 Å². The van der Waals surface area contributed by atoms with Crippen LogP contribution in [-0.2, 0) is 19.4 Å². The van der Waals surface area contributed by atoms with Crippen LogP contribution in [0, 0.1) is 5.92 Å². The average molecular weight is 308 g/mol. The summed E-state index contributed by atoms with van der Waals surface area (Å²) in [5, 5.41) is 0. The van der Waals surface area contributed by atoms with Crippen LogP contribution >= 0.6 is 0 Å². The zero-order valence-electron chi connectivity index (χ0n) is 12.0. The van der Waals surface area contributed by atoms with Gasteiger partial charge in [-0.3, -0.25) is 4.79 Å². The number of rotatable bonds is 3. The van der Waals surface area contributed by atoms with Gasteiger partial charge >= 0.3 is 0 Å². The van der Waals surface area contributed by atoms with Gasteiger partial charge in [-0.15, -0.1) is 0 Å². The van der Waals surface area contributed by atoms with Gasteiger partial charge in [0.25, 0.3) is 0 Å². The highest BCUT2D eigenvalue weighted by molar-refractivity contribution is 7.91. The maximum atomic E-state index is 12.6. The third-order valence-electron chi connectivity index (χ3n) is 4.56. The molecule has 114 valence electrons. The third kappa shape index (κ3) is 2.77. The monoisotopic (exact) mass is 308 g/mol. The van der Waals surface area contributed by atoms with Gasteiger partial charge in [0.1, 0.15) is 5.60 Å². The maximum Gasteiger partial charge on any atom is 0.179 e. The number of ether oxygens (including phenoxy) is 1. The van der Waals surface area contributed by atoms with Gasteiger partial charge in [0, 0.05) is 0 Å². The van der Waals surface area contributed by atoms with Crippen molar-refractivity contribution in [1.82, 2.24) is 0 Å². The van der Waals surface area contributed by atoms with Crippen LogP contribution in [-0.4, -0.2) is 32.2 Å². The highest BCUT2D eigenvalue weighted by atomic mass is 32.2. The molecule has 0 bridgehead atoms. The lowest BCUT2D eigenvalue weighted by Gasteiger charge is -2.30. The van der Waals surface area contributed by atoms with Gasteiger partial charge in [-0.2, -0.15) is 0 Å². The Kier molecular flexibility index (Phi) is 3.88. The molecule has 2 aliphatic rings. The van der Waals surface area contributed by atoms with E-state index in [-0.39, 0.29) is 23.0 Å². The highest BCUT2D eigenvalue weighted by Crippen LogP contribution is 2.39. The second-order valence-corrected chi connectivity index (χ2v) is 8.06. The molecule has 1 atom stereocenters. The molecule has 1 heterocycles. The number of hydrogen-bond donors (Lipinski definition) is 0. The summed E-state index contributed by atoms with van der Waals surface area (Å²) < 4.78 is 30.6. The van der Waals surface area contributed by atoms with Crippen LogP contribution in [0.15, 0.2) is 35.2 Å². The van der Waals surface area contributed by atoms with Crippen molar-refractivity contribution in [2.45, 2.75) is 42.6 Å². The Balaban J connectivity index is 1.76. The molecule has 1 aromatic carbocycles. The first-order valence-corrected chi connectivity index (χ1v) is 9.15. The minimum absolute atomic E-state index is 0.00158. The van der Waals surface area contributed by atoms with Crippen molar-refractivity contribution in [3.05, 3.63) is 30.3 Å². The van der Waals surface area contributed by atoms with Gasteiger partial charge in [-0.05, 0) is 25.0 Å². The SMILES string of the molecule is O=C1C(CS(=O)(=O)c2ccccc2)COC12CCCCC2. The molecular formula is C16H20O4S. The topological polar surface area (TPSA) is 60.4 Å². The molecule has 0 N–H and O–H groups in total. The lowest BCUT2D eigenvalue weighted by molar-refractivity contribution is -0.135. The smallest absolute Gasteiger partial charge is 0.179 e. The Morgan fingerprint density at radius 1 is 1.10 bits per heavy atom. The number of ketones is 1. The third-order valence-corrected chi connectivity index (χ3v) is 6.40. The average Bonchev–Trinajstić information content (AvgIpc) is 2.78. The van der Waals surface area contributed by atoms with E-state index in [0.717, 1.165) is 32.1 Å². The zero-order chi connectivity index (χ0) is 14.9. The van der Waals surface area contributed by atoms with Crippen molar-refractivity contribution >= 4 is 15.6 Å². The predicted molar refractivity (Wildman–Crippen MR) is 78.8 cm³/mol. The summed E-state index contributed by atoms with van der Waals surface area (Å²) in [7, 11) is -3.43. The molecule has 21 heavy (non-hydrogen) atoms. The number of Topliss-reactive ketones (excluding diaryl/α,β-unsaturated/α-hetero) is 1. The molecule has 5 heteroatoms. The van der Waals surface area contributed by atoms with E-state index in [1.54, 1.807) is 30.3 Å². The molecule has 2 fully saturated rings. The van der Waals surface area contributed by atoms with E-state index in [4.69, 9.17) is 4.74 Å². The van der Waals surface area contributed by atoms with Crippen molar-refractivity contribution in [3.63, 3.8) is 0 Å². The minimum atomic E-state index is -3.43. The Hall–Kier alpha value is -1.20. The summed E-state index contributed by atoms with van der Waals surface area (Å²) in [6, 6.07) is 8.32. The fourth-order valence-electron chi connectivity index (χ4n) is 3.41. The first-order chi connectivity index (χ1) is 10.0. The van der Waals surface area contributed by atoms with E-state index in [1.807, 2.05) is 0 Å². The van der Waals surface area contributed by atoms with E-state index >= 15 is 0 Å². The van der Waals surface area contributed by atoms with Gasteiger partial charge in [0.15, 0.2) is 15.6 Å². The first kappa shape index (κ1) is 14.7. The summed E-state index contributed by atoms with van der Waals surface area (Å²) in [4.78, 5) is 12.9. The number of sulfone groups is 1. The van der Waals surface area contributed by atoms with Gasteiger partial charge in [-0.1, -0.05) is 37.5 Å². The molecule has 0 radical (unpaired) electrons. The quantitative estimate of drug-likeness (QED) is 0.860. The van der Waals surface area contributed by atoms with E-state index in [0.29, 0.717) is 0 Å². The Morgan fingerprint density at radius 2 is 1.76 bits per heavy atom. The molecule has 1 aromatic rings. The second-order valence-electron chi connectivity index (χ2n) is 6.02. The van der Waals surface area contributed by atoms with Gasteiger partial charge < -0.3 is 4.74 Å². The van der Waals surface area contributed by atoms with Crippen molar-refractivity contribution in [2.75, 3.05) is 12.4 Å². The fourth-order valence-corrected chi connectivity index (χ4v) is 4.95. The molecule has 1 aliphatic carbocycles. The summed E-state index contributed by atoms with van der Waals surface area (Å²) in [5.74, 6) is -0.660. The summed E-state index contributed by atoms with van der Waals surface area (Å²) in [5.41, 5.74) is -0.685. The largest absolute Gasteiger partial charge is 0.366 e. The standard InChI is InChI=1S/C16H20O4S/c17-15-13(11-20-16(15)9-5-2-6-10-16)12-21(18,19)14-7-3-1-4-8-14/h1,3-4,7-8,13H,2,5-6,9-12H2. The number of carbonyl (C=O) groups excluding carboxylic acids is 1. The maximum absolute atomic E-state index is 12.6. The van der Waals surface area contributed by atoms with Crippen molar-refractivity contribution in [3.8, 4) is 0 Å². The molecule has 1 unspecified atom stereocenters. The molecule has 0 amide bonds. The van der Waals surface area contributed by atoms with E-state index in [1.165, 1.54) is 0 Å². The van der Waals surface area contributed by atoms with Crippen LogP contribution < -0.4 is 0 Å². The van der Waals surface area contributed by atoms with E-state index < -0.39 is 21.4 Å². The molecule has 3 rings (SSSR count). The lowest BCUT2D eigenvalue weighted by atomic mass is 9.80. The fraction of sp³-hybridized carbons (Fsp3) is 0.562. The molecule has 1 aliphatic heterocycles. The number of hydrogen-bond acceptors (Lipinski definition) is 4. The van der Waals surface area contributed by atoms with Gasteiger partial charge in [0.05, 0.1) is 23.2 Å². The van der Waals surface area contributed by atoms with Crippen molar-refractivity contribution in [2.24, 2.45) is 5.92 Å². The van der Waals surface area contributed by atoms with Gasteiger partial charge in [-0.25, -0.2) is 8.42 Å². The van der Waals surface area contributed by atoms with E-state index in [9.17, 15) is 13.2 Å². The van der Waals surface area contributed by atoms with Gasteiger partial charge in [0.2, 0.25) is 0 Å². The van der Waals surface area contributed by atoms with E-state index in [2.05, 4.69) is 0 Å². The van der Waals surface area contributed by atoms with Crippen molar-refractivity contribution in [1.29, 1.82) is 0 Å². The summed E-state index contributed by atoms with van der Waals surface area (Å²) in [6.45, 7) is 0.241. The summed E-state index contributed by atoms with van der Waals surface area (Å²) in [6.07, 6.45) is 4.60. The van der Waals surface area contributed by atoms with Crippen LogP contribution in [0.3, 0.4) is 0 Å². The zero-order valence-corrected chi connectivity index (χ0v) is 12.8. The number of benzene rings is 1. The molecule has 0 aromatic heterocycles. The van der Waals surface area contributed by atoms with Crippen molar-refractivity contribution < 1.29 is 17.9 Å². The van der Waals surface area contributed by atoms with Crippen LogP contribution in [0.25, 0.3) is 0 Å². The molecular weight excluding hydrogens is 288 g/mol. The first-order valence-electron chi connectivity index (χ1n) is 7.50. The number of carbonyl (C=O) groups is 1. The van der Waals surface area contributed by atoms with Crippen LogP contribution in [0.2, 0.25) is 0 Å². The van der Waals surface area contributed by atoms with Crippen LogP contribution in [0.1, 0.15) is 32.1 Å². The minimum Gasteiger partial charge on any atom is -0.366 e. The summed E-state index contributed by atoms with van der Waals surface area (Å²) >= 11 is 0. The molecule has 4 nitrogen and oxygen atoms in total. The Bertz CT molecular complexity index is 615. The Morgan fingerprint density at radius 3 is 2.43 bits per heavy atom. The Labute approximate surface area is 125 Å². The molecule has 1 saturated heterocycles. The normalized spacial score (nSPS) is 25.3.